The Bertz CT molecular complexity index is 356. The lowest BCUT2D eigenvalue weighted by Crippen LogP contribution is -2.13. The second-order valence-electron chi connectivity index (χ2n) is 3.81. The highest BCUT2D eigenvalue weighted by Gasteiger charge is 2.17. The number of hydrogen-bond acceptors (Lipinski definition) is 4. The van der Waals surface area contributed by atoms with Crippen LogP contribution in [0.4, 0.5) is 0 Å². The van der Waals surface area contributed by atoms with Gasteiger partial charge in [-0.05, 0) is 19.8 Å². The van der Waals surface area contributed by atoms with Gasteiger partial charge in [-0.1, -0.05) is 0 Å². The fourth-order valence-corrected chi connectivity index (χ4v) is 1.79. The normalized spacial score (nSPS) is 19.9. The van der Waals surface area contributed by atoms with Crippen molar-refractivity contribution in [2.45, 2.75) is 32.4 Å². The zero-order valence-corrected chi connectivity index (χ0v) is 9.39. The molecule has 1 aromatic rings. The Morgan fingerprint density at radius 3 is 3.31 bits per heavy atom. The number of hydrogen-bond donors (Lipinski definition) is 0. The smallest absolute Gasteiger partial charge is 0.358 e. The zero-order chi connectivity index (χ0) is 11.4. The molecule has 1 aliphatic heterocycles. The van der Waals surface area contributed by atoms with Crippen molar-refractivity contribution in [3.8, 4) is 0 Å². The van der Waals surface area contributed by atoms with Crippen LogP contribution in [0.25, 0.3) is 0 Å². The molecule has 0 aromatic carbocycles. The number of rotatable bonds is 4. The molecular weight excluding hydrogens is 208 g/mol. The molecule has 0 unspecified atom stereocenters. The molecule has 1 atom stereocenters. The Kier molecular flexibility index (Phi) is 3.56. The van der Waals surface area contributed by atoms with Gasteiger partial charge in [-0.3, -0.25) is 0 Å². The van der Waals surface area contributed by atoms with Crippen molar-refractivity contribution in [3.05, 3.63) is 18.2 Å². The van der Waals surface area contributed by atoms with Gasteiger partial charge in [0.15, 0.2) is 5.69 Å². The monoisotopic (exact) mass is 224 g/mol. The van der Waals surface area contributed by atoms with Crippen LogP contribution in [0.5, 0.6) is 0 Å². The third kappa shape index (κ3) is 2.61. The maximum atomic E-state index is 11.4. The summed E-state index contributed by atoms with van der Waals surface area (Å²) in [5.41, 5.74) is 0.361. The lowest BCUT2D eigenvalue weighted by atomic mass is 10.2. The van der Waals surface area contributed by atoms with Crippen LogP contribution < -0.4 is 0 Å². The molecule has 88 valence electrons. The Morgan fingerprint density at radius 2 is 2.62 bits per heavy atom. The quantitative estimate of drug-likeness (QED) is 0.722. The number of esters is 1. The molecule has 1 aromatic heterocycles. The predicted octanol–water partition coefficient (Wildman–Crippen LogP) is 1.24. The summed E-state index contributed by atoms with van der Waals surface area (Å²) in [4.78, 5) is 15.4. The Labute approximate surface area is 94.4 Å². The summed E-state index contributed by atoms with van der Waals surface area (Å²) in [6, 6.07) is 0. The molecule has 5 heteroatoms. The van der Waals surface area contributed by atoms with E-state index in [4.69, 9.17) is 9.47 Å². The van der Waals surface area contributed by atoms with E-state index in [-0.39, 0.29) is 12.1 Å². The van der Waals surface area contributed by atoms with Crippen LogP contribution in [0.1, 0.15) is 30.3 Å². The van der Waals surface area contributed by atoms with Crippen LogP contribution in [0.3, 0.4) is 0 Å². The fraction of sp³-hybridized carbons (Fsp3) is 0.636. The van der Waals surface area contributed by atoms with E-state index in [0.717, 1.165) is 26.0 Å². The van der Waals surface area contributed by atoms with Crippen molar-refractivity contribution >= 4 is 5.97 Å². The molecule has 2 rings (SSSR count). The van der Waals surface area contributed by atoms with Gasteiger partial charge in [-0.2, -0.15) is 0 Å². The lowest BCUT2D eigenvalue weighted by molar-refractivity contribution is 0.0519. The Hall–Kier alpha value is -1.36. The third-order valence-corrected chi connectivity index (χ3v) is 2.56. The molecule has 2 heterocycles. The summed E-state index contributed by atoms with van der Waals surface area (Å²) in [6.45, 7) is 3.75. The maximum Gasteiger partial charge on any atom is 0.358 e. The van der Waals surface area contributed by atoms with Crippen molar-refractivity contribution in [1.29, 1.82) is 0 Å². The summed E-state index contributed by atoms with van der Waals surface area (Å²) >= 11 is 0. The number of carbonyl (C=O) groups is 1. The minimum absolute atomic E-state index is 0.254. The van der Waals surface area contributed by atoms with Gasteiger partial charge in [-0.15, -0.1) is 0 Å². The minimum atomic E-state index is -0.367. The molecule has 0 aliphatic carbocycles. The number of ether oxygens (including phenoxy) is 2. The number of nitrogens with zero attached hydrogens (tertiary/aromatic N) is 2. The minimum Gasteiger partial charge on any atom is -0.461 e. The second kappa shape index (κ2) is 5.12. The Morgan fingerprint density at radius 1 is 1.75 bits per heavy atom. The van der Waals surface area contributed by atoms with Gasteiger partial charge in [-0.25, -0.2) is 9.78 Å². The van der Waals surface area contributed by atoms with E-state index < -0.39 is 0 Å². The molecule has 0 radical (unpaired) electrons. The van der Waals surface area contributed by atoms with Crippen molar-refractivity contribution in [2.75, 3.05) is 13.2 Å². The fourth-order valence-electron chi connectivity index (χ4n) is 1.79. The zero-order valence-electron chi connectivity index (χ0n) is 9.39. The molecule has 16 heavy (non-hydrogen) atoms. The van der Waals surface area contributed by atoms with Gasteiger partial charge >= 0.3 is 5.97 Å². The van der Waals surface area contributed by atoms with E-state index >= 15 is 0 Å². The molecule has 0 bridgehead atoms. The first-order valence-electron chi connectivity index (χ1n) is 5.60. The second-order valence-corrected chi connectivity index (χ2v) is 3.81. The first kappa shape index (κ1) is 11.1. The summed E-state index contributed by atoms with van der Waals surface area (Å²) in [7, 11) is 0. The standard InChI is InChI=1S/C11H16N2O3/c1-2-15-11(14)10-7-13(8-12-10)6-9-4-3-5-16-9/h7-9H,2-6H2,1H3/t9-/m1/s1. The largest absolute Gasteiger partial charge is 0.461 e. The SMILES string of the molecule is CCOC(=O)c1cn(C[C@H]2CCCO2)cn1. The molecule has 5 nitrogen and oxygen atoms in total. The highest BCUT2D eigenvalue weighted by Crippen LogP contribution is 2.14. The first-order valence-corrected chi connectivity index (χ1v) is 5.60. The van der Waals surface area contributed by atoms with E-state index in [0.29, 0.717) is 12.3 Å². The van der Waals surface area contributed by atoms with E-state index in [1.54, 1.807) is 19.4 Å². The van der Waals surface area contributed by atoms with E-state index in [9.17, 15) is 4.79 Å². The molecule has 0 saturated carbocycles. The van der Waals surface area contributed by atoms with Crippen molar-refractivity contribution in [3.63, 3.8) is 0 Å². The predicted molar refractivity (Wildman–Crippen MR) is 57.2 cm³/mol. The van der Waals surface area contributed by atoms with Gasteiger partial charge in [0.25, 0.3) is 0 Å². The first-order chi connectivity index (χ1) is 7.79. The van der Waals surface area contributed by atoms with Crippen molar-refractivity contribution in [1.82, 2.24) is 9.55 Å². The lowest BCUT2D eigenvalue weighted by Gasteiger charge is -2.08. The van der Waals surface area contributed by atoms with E-state index in [1.807, 2.05) is 4.57 Å². The number of aromatic nitrogens is 2. The molecule has 0 N–H and O–H groups in total. The number of carbonyl (C=O) groups excluding carboxylic acids is 1. The van der Waals surface area contributed by atoms with Crippen LogP contribution >= 0.6 is 0 Å². The van der Waals surface area contributed by atoms with Crippen LogP contribution in [-0.2, 0) is 16.0 Å². The van der Waals surface area contributed by atoms with Crippen molar-refractivity contribution in [2.24, 2.45) is 0 Å². The van der Waals surface area contributed by atoms with Crippen LogP contribution in [-0.4, -0.2) is 34.8 Å². The summed E-state index contributed by atoms with van der Waals surface area (Å²) in [5, 5.41) is 0. The Balaban J connectivity index is 1.93. The molecule has 0 spiro atoms. The molecule has 1 saturated heterocycles. The van der Waals surface area contributed by atoms with Crippen LogP contribution in [0.15, 0.2) is 12.5 Å². The highest BCUT2D eigenvalue weighted by atomic mass is 16.5. The summed E-state index contributed by atoms with van der Waals surface area (Å²) in [5.74, 6) is -0.367. The summed E-state index contributed by atoms with van der Waals surface area (Å²) < 4.78 is 12.3. The van der Waals surface area contributed by atoms with E-state index in [2.05, 4.69) is 4.98 Å². The topological polar surface area (TPSA) is 53.4 Å². The third-order valence-electron chi connectivity index (χ3n) is 2.56. The van der Waals surface area contributed by atoms with Gasteiger partial charge in [0.1, 0.15) is 0 Å². The molecule has 1 fully saturated rings. The van der Waals surface area contributed by atoms with Gasteiger partial charge in [0.05, 0.1) is 19.0 Å². The molecular formula is C11H16N2O3. The van der Waals surface area contributed by atoms with E-state index in [1.165, 1.54) is 0 Å². The van der Waals surface area contributed by atoms with Crippen LogP contribution in [0, 0.1) is 0 Å². The van der Waals surface area contributed by atoms with Crippen molar-refractivity contribution < 1.29 is 14.3 Å². The van der Waals surface area contributed by atoms with Gasteiger partial charge in [0.2, 0.25) is 0 Å². The van der Waals surface area contributed by atoms with Crippen LogP contribution in [0.2, 0.25) is 0 Å². The average Bonchev–Trinajstić information content (AvgIpc) is 2.90. The van der Waals surface area contributed by atoms with Gasteiger partial charge in [0, 0.05) is 19.3 Å². The molecule has 1 aliphatic rings. The number of imidazole rings is 1. The molecule has 0 amide bonds. The van der Waals surface area contributed by atoms with Gasteiger partial charge < -0.3 is 14.0 Å². The highest BCUT2D eigenvalue weighted by molar-refractivity contribution is 5.86. The average molecular weight is 224 g/mol. The maximum absolute atomic E-state index is 11.4. The summed E-state index contributed by atoms with van der Waals surface area (Å²) in [6.07, 6.45) is 5.80.